The van der Waals surface area contributed by atoms with Crippen molar-refractivity contribution in [2.24, 2.45) is 0 Å². The van der Waals surface area contributed by atoms with Gasteiger partial charge in [0, 0.05) is 0 Å². The average Bonchev–Trinajstić information content (AvgIpc) is 2.51. The van der Waals surface area contributed by atoms with E-state index >= 15 is 0 Å². The molecule has 23 heavy (non-hydrogen) atoms. The van der Waals surface area contributed by atoms with Crippen LogP contribution < -0.4 is 9.47 Å². The molecule has 0 aliphatic carbocycles. The third-order valence-electron chi connectivity index (χ3n) is 3.86. The van der Waals surface area contributed by atoms with E-state index in [2.05, 4.69) is 0 Å². The smallest absolute Gasteiger partial charge is 0.158 e. The van der Waals surface area contributed by atoms with Crippen LogP contribution in [0.15, 0.2) is 36.4 Å². The molecule has 0 heterocycles. The van der Waals surface area contributed by atoms with Crippen molar-refractivity contribution in [2.45, 2.75) is 25.4 Å². The quantitative estimate of drug-likeness (QED) is 0.812. The van der Waals surface area contributed by atoms with Gasteiger partial charge in [0.05, 0.1) is 25.7 Å². The van der Waals surface area contributed by atoms with Gasteiger partial charge in [-0.25, -0.2) is 8.42 Å². The molecular weight excluding hydrogens is 312 g/mol. The number of rotatable bonds is 6. The number of hydrogen-bond donors (Lipinski definition) is 0. The fourth-order valence-electron chi connectivity index (χ4n) is 2.39. The molecule has 2 rings (SSSR count). The number of aryl methyl sites for hydroxylation is 2. The Morgan fingerprint density at radius 2 is 1.17 bits per heavy atom. The SMILES string of the molecule is COc1ccc(C)c(CS(=O)(=O)Cc2cc(OC)ccc2C)c1. The topological polar surface area (TPSA) is 52.6 Å². The lowest BCUT2D eigenvalue weighted by Crippen LogP contribution is -2.10. The van der Waals surface area contributed by atoms with Gasteiger partial charge in [0.25, 0.3) is 0 Å². The van der Waals surface area contributed by atoms with Crippen LogP contribution in [0.4, 0.5) is 0 Å². The van der Waals surface area contributed by atoms with Gasteiger partial charge in [-0.3, -0.25) is 0 Å². The van der Waals surface area contributed by atoms with Crippen LogP contribution in [0.5, 0.6) is 11.5 Å². The molecule has 0 bridgehead atoms. The molecule has 0 N–H and O–H groups in total. The number of ether oxygens (including phenoxy) is 2. The van der Waals surface area contributed by atoms with Gasteiger partial charge in [-0.15, -0.1) is 0 Å². The molecule has 4 nitrogen and oxygen atoms in total. The van der Waals surface area contributed by atoms with Gasteiger partial charge in [-0.05, 0) is 60.4 Å². The molecule has 0 saturated heterocycles. The molecule has 0 aliphatic rings. The first-order chi connectivity index (χ1) is 10.8. The second-order valence-corrected chi connectivity index (χ2v) is 7.68. The molecule has 2 aromatic rings. The molecular formula is C18H22O4S. The molecule has 0 saturated carbocycles. The first-order valence-electron chi connectivity index (χ1n) is 7.32. The monoisotopic (exact) mass is 334 g/mol. The zero-order chi connectivity index (χ0) is 17.0. The van der Waals surface area contributed by atoms with E-state index in [1.165, 1.54) is 0 Å². The fraction of sp³-hybridized carbons (Fsp3) is 0.333. The highest BCUT2D eigenvalue weighted by atomic mass is 32.2. The molecule has 0 fully saturated rings. The molecule has 0 atom stereocenters. The Hall–Kier alpha value is -2.01. The number of hydrogen-bond acceptors (Lipinski definition) is 4. The maximum absolute atomic E-state index is 12.6. The summed E-state index contributed by atoms with van der Waals surface area (Å²) in [7, 11) is -0.150. The molecule has 124 valence electrons. The lowest BCUT2D eigenvalue weighted by molar-refractivity contribution is 0.414. The van der Waals surface area contributed by atoms with Gasteiger partial charge in [0.1, 0.15) is 11.5 Å². The summed E-state index contributed by atoms with van der Waals surface area (Å²) in [5.74, 6) is 1.32. The molecule has 0 spiro atoms. The largest absolute Gasteiger partial charge is 0.497 e. The number of benzene rings is 2. The van der Waals surface area contributed by atoms with E-state index < -0.39 is 9.84 Å². The van der Waals surface area contributed by atoms with Crippen molar-refractivity contribution < 1.29 is 17.9 Å². The van der Waals surface area contributed by atoms with Crippen LogP contribution in [0.25, 0.3) is 0 Å². The van der Waals surface area contributed by atoms with Crippen LogP contribution in [0.3, 0.4) is 0 Å². The predicted molar refractivity (Wildman–Crippen MR) is 91.8 cm³/mol. The van der Waals surface area contributed by atoms with Gasteiger partial charge < -0.3 is 9.47 Å². The lowest BCUT2D eigenvalue weighted by atomic mass is 10.1. The van der Waals surface area contributed by atoms with Crippen molar-refractivity contribution in [1.29, 1.82) is 0 Å². The van der Waals surface area contributed by atoms with Gasteiger partial charge in [0.15, 0.2) is 9.84 Å². The van der Waals surface area contributed by atoms with Crippen molar-refractivity contribution in [3.63, 3.8) is 0 Å². The first kappa shape index (κ1) is 17.3. The Bertz CT molecular complexity index is 733. The Labute approximate surface area is 138 Å². The van der Waals surface area contributed by atoms with Gasteiger partial charge >= 0.3 is 0 Å². The van der Waals surface area contributed by atoms with Gasteiger partial charge in [-0.2, -0.15) is 0 Å². The van der Waals surface area contributed by atoms with Crippen molar-refractivity contribution in [2.75, 3.05) is 14.2 Å². The Kier molecular flexibility index (Phi) is 5.31. The Morgan fingerprint density at radius 3 is 1.52 bits per heavy atom. The first-order valence-corrected chi connectivity index (χ1v) is 9.14. The molecule has 2 aromatic carbocycles. The second-order valence-electron chi connectivity index (χ2n) is 5.62. The summed E-state index contributed by atoms with van der Waals surface area (Å²) < 4.78 is 35.5. The second kappa shape index (κ2) is 7.04. The minimum absolute atomic E-state index is 0.00726. The van der Waals surface area contributed by atoms with Crippen LogP contribution in [0.1, 0.15) is 22.3 Å². The third-order valence-corrected chi connectivity index (χ3v) is 5.37. The van der Waals surface area contributed by atoms with Crippen molar-refractivity contribution in [3.8, 4) is 11.5 Å². The molecule has 0 radical (unpaired) electrons. The van der Waals surface area contributed by atoms with E-state index in [4.69, 9.17) is 9.47 Å². The Morgan fingerprint density at radius 1 is 0.783 bits per heavy atom. The average molecular weight is 334 g/mol. The van der Waals surface area contributed by atoms with E-state index in [0.29, 0.717) is 11.5 Å². The van der Waals surface area contributed by atoms with E-state index in [9.17, 15) is 8.42 Å². The number of sulfone groups is 1. The van der Waals surface area contributed by atoms with Crippen LogP contribution >= 0.6 is 0 Å². The van der Waals surface area contributed by atoms with E-state index in [1.807, 2.05) is 38.1 Å². The van der Waals surface area contributed by atoms with E-state index in [0.717, 1.165) is 22.3 Å². The summed E-state index contributed by atoms with van der Waals surface area (Å²) in [5, 5.41) is 0. The van der Waals surface area contributed by atoms with Gasteiger partial charge in [0.2, 0.25) is 0 Å². The summed E-state index contributed by atoms with van der Waals surface area (Å²) in [6.07, 6.45) is 0. The normalized spacial score (nSPS) is 11.3. The van der Waals surface area contributed by atoms with Crippen molar-refractivity contribution >= 4 is 9.84 Å². The molecule has 0 aliphatic heterocycles. The summed E-state index contributed by atoms with van der Waals surface area (Å²) >= 11 is 0. The van der Waals surface area contributed by atoms with Crippen LogP contribution in [0, 0.1) is 13.8 Å². The Balaban J connectivity index is 2.26. The highest BCUT2D eigenvalue weighted by Crippen LogP contribution is 2.23. The maximum atomic E-state index is 12.6. The summed E-state index contributed by atoms with van der Waals surface area (Å²) in [4.78, 5) is 0. The van der Waals surface area contributed by atoms with Crippen LogP contribution in [-0.2, 0) is 21.3 Å². The molecule has 0 aromatic heterocycles. The lowest BCUT2D eigenvalue weighted by Gasteiger charge is -2.11. The van der Waals surface area contributed by atoms with Crippen molar-refractivity contribution in [1.82, 2.24) is 0 Å². The highest BCUT2D eigenvalue weighted by molar-refractivity contribution is 7.89. The zero-order valence-electron chi connectivity index (χ0n) is 13.9. The minimum Gasteiger partial charge on any atom is -0.497 e. The van der Waals surface area contributed by atoms with Crippen LogP contribution in [-0.4, -0.2) is 22.6 Å². The summed E-state index contributed by atoms with van der Waals surface area (Å²) in [5.41, 5.74) is 3.42. The van der Waals surface area contributed by atoms with Crippen LogP contribution in [0.2, 0.25) is 0 Å². The minimum atomic E-state index is -3.29. The summed E-state index contributed by atoms with van der Waals surface area (Å²) in [6, 6.07) is 11.0. The summed E-state index contributed by atoms with van der Waals surface area (Å²) in [6.45, 7) is 3.81. The fourth-order valence-corrected chi connectivity index (χ4v) is 4.06. The van der Waals surface area contributed by atoms with E-state index in [1.54, 1.807) is 26.4 Å². The third kappa shape index (κ3) is 4.48. The predicted octanol–water partition coefficient (Wildman–Crippen LogP) is 3.44. The molecule has 5 heteroatoms. The van der Waals surface area contributed by atoms with E-state index in [-0.39, 0.29) is 11.5 Å². The van der Waals surface area contributed by atoms with Crippen molar-refractivity contribution in [3.05, 3.63) is 58.7 Å². The highest BCUT2D eigenvalue weighted by Gasteiger charge is 2.17. The maximum Gasteiger partial charge on any atom is 0.158 e. The standard InChI is InChI=1S/C18H22O4S/c1-13-5-7-17(21-3)9-15(13)11-23(19,20)12-16-10-18(22-4)8-6-14(16)2/h5-10H,11-12H2,1-4H3. The molecule has 0 amide bonds. The zero-order valence-corrected chi connectivity index (χ0v) is 14.7. The van der Waals surface area contributed by atoms with Gasteiger partial charge in [-0.1, -0.05) is 12.1 Å². The molecule has 0 unspecified atom stereocenters. The number of methoxy groups -OCH3 is 2.